The molecule has 1 aliphatic heterocycles. The van der Waals surface area contributed by atoms with E-state index < -0.39 is 0 Å². The predicted octanol–water partition coefficient (Wildman–Crippen LogP) is 1.90. The lowest BCUT2D eigenvalue weighted by Crippen LogP contribution is -2.43. The number of imidazole rings is 1. The Bertz CT molecular complexity index is 916. The van der Waals surface area contributed by atoms with E-state index >= 15 is 0 Å². The third-order valence-electron chi connectivity index (χ3n) is 4.74. The summed E-state index contributed by atoms with van der Waals surface area (Å²) in [6, 6.07) is 8.16. The molecule has 0 atom stereocenters. The van der Waals surface area contributed by atoms with Gasteiger partial charge in [0.1, 0.15) is 12.6 Å². The first kappa shape index (κ1) is 17.3. The summed E-state index contributed by atoms with van der Waals surface area (Å²) in [6.07, 6.45) is 6.40. The summed E-state index contributed by atoms with van der Waals surface area (Å²) in [5.74, 6) is 0.687. The first-order chi connectivity index (χ1) is 13.2. The SMILES string of the molecule is COc1cnc(OC2CCN(C(=O)Cn3cnc4ccccc43)CC2)nc1. The van der Waals surface area contributed by atoms with Crippen molar-refractivity contribution in [1.82, 2.24) is 24.4 Å². The monoisotopic (exact) mass is 367 g/mol. The number of benzene rings is 1. The lowest BCUT2D eigenvalue weighted by atomic mass is 10.1. The summed E-state index contributed by atoms with van der Waals surface area (Å²) >= 11 is 0. The Labute approximate surface area is 156 Å². The fourth-order valence-corrected chi connectivity index (χ4v) is 3.22. The minimum atomic E-state index is 0.0107. The molecule has 1 amide bonds. The van der Waals surface area contributed by atoms with Gasteiger partial charge in [-0.3, -0.25) is 4.79 Å². The number of rotatable bonds is 5. The normalized spacial score (nSPS) is 15.1. The summed E-state index contributed by atoms with van der Waals surface area (Å²) in [4.78, 5) is 27.1. The van der Waals surface area contributed by atoms with Crippen molar-refractivity contribution >= 4 is 16.9 Å². The lowest BCUT2D eigenvalue weighted by molar-refractivity contribution is -0.133. The van der Waals surface area contributed by atoms with Crippen molar-refractivity contribution in [2.75, 3.05) is 20.2 Å². The molecule has 8 nitrogen and oxygen atoms in total. The molecule has 27 heavy (non-hydrogen) atoms. The van der Waals surface area contributed by atoms with Crippen molar-refractivity contribution in [1.29, 1.82) is 0 Å². The van der Waals surface area contributed by atoms with Gasteiger partial charge in [0.2, 0.25) is 5.91 Å². The predicted molar refractivity (Wildman–Crippen MR) is 98.5 cm³/mol. The summed E-state index contributed by atoms with van der Waals surface area (Å²) in [5.41, 5.74) is 1.87. The van der Waals surface area contributed by atoms with Gasteiger partial charge in [-0.05, 0) is 12.1 Å². The van der Waals surface area contributed by atoms with E-state index in [2.05, 4.69) is 15.0 Å². The second-order valence-electron chi connectivity index (χ2n) is 6.46. The average Bonchev–Trinajstić information content (AvgIpc) is 3.12. The Morgan fingerprint density at radius 1 is 1.15 bits per heavy atom. The molecule has 8 heteroatoms. The van der Waals surface area contributed by atoms with Crippen LogP contribution in [-0.4, -0.2) is 56.6 Å². The Morgan fingerprint density at radius 3 is 2.63 bits per heavy atom. The lowest BCUT2D eigenvalue weighted by Gasteiger charge is -2.31. The summed E-state index contributed by atoms with van der Waals surface area (Å²) in [6.45, 7) is 1.62. The number of likely N-dealkylation sites (tertiary alicyclic amines) is 1. The van der Waals surface area contributed by atoms with E-state index in [4.69, 9.17) is 9.47 Å². The second-order valence-corrected chi connectivity index (χ2v) is 6.46. The van der Waals surface area contributed by atoms with Crippen molar-refractivity contribution in [2.45, 2.75) is 25.5 Å². The van der Waals surface area contributed by atoms with Crippen LogP contribution in [0.4, 0.5) is 0 Å². The quantitative estimate of drug-likeness (QED) is 0.685. The van der Waals surface area contributed by atoms with E-state index in [1.54, 1.807) is 25.8 Å². The maximum absolute atomic E-state index is 12.6. The molecule has 0 aliphatic carbocycles. The molecule has 0 spiro atoms. The molecule has 1 aromatic carbocycles. The zero-order valence-corrected chi connectivity index (χ0v) is 15.1. The van der Waals surface area contributed by atoms with Crippen molar-refractivity contribution in [3.8, 4) is 11.8 Å². The van der Waals surface area contributed by atoms with Crippen LogP contribution in [0.25, 0.3) is 11.0 Å². The molecule has 1 saturated heterocycles. The van der Waals surface area contributed by atoms with Crippen molar-refractivity contribution in [3.05, 3.63) is 43.0 Å². The van der Waals surface area contributed by atoms with Crippen LogP contribution in [0.15, 0.2) is 43.0 Å². The Kier molecular flexibility index (Phi) is 4.86. The molecular weight excluding hydrogens is 346 g/mol. The van der Waals surface area contributed by atoms with Gasteiger partial charge >= 0.3 is 6.01 Å². The molecule has 0 saturated carbocycles. The number of methoxy groups -OCH3 is 1. The maximum atomic E-state index is 12.6. The smallest absolute Gasteiger partial charge is 0.316 e. The molecule has 3 aromatic rings. The highest BCUT2D eigenvalue weighted by Crippen LogP contribution is 2.18. The van der Waals surface area contributed by atoms with E-state index in [9.17, 15) is 4.79 Å². The fraction of sp³-hybridized carbons (Fsp3) is 0.368. The van der Waals surface area contributed by atoms with E-state index in [0.29, 0.717) is 31.4 Å². The number of aromatic nitrogens is 4. The van der Waals surface area contributed by atoms with Crippen LogP contribution in [0, 0.1) is 0 Å². The Morgan fingerprint density at radius 2 is 1.89 bits per heavy atom. The number of carbonyl (C=O) groups is 1. The van der Waals surface area contributed by atoms with Crippen LogP contribution in [0.1, 0.15) is 12.8 Å². The van der Waals surface area contributed by atoms with Gasteiger partial charge in [0.05, 0.1) is 36.9 Å². The average molecular weight is 367 g/mol. The number of nitrogens with zero attached hydrogens (tertiary/aromatic N) is 5. The molecule has 0 radical (unpaired) electrons. The van der Waals surface area contributed by atoms with Crippen LogP contribution < -0.4 is 9.47 Å². The number of para-hydroxylation sites is 2. The van der Waals surface area contributed by atoms with Gasteiger partial charge in [0, 0.05) is 25.9 Å². The van der Waals surface area contributed by atoms with Gasteiger partial charge in [-0.25, -0.2) is 4.98 Å². The first-order valence-corrected chi connectivity index (χ1v) is 8.93. The Hall–Kier alpha value is -3.16. The molecule has 1 aliphatic rings. The molecule has 3 heterocycles. The third kappa shape index (κ3) is 3.84. The molecular formula is C19H21N5O3. The minimum absolute atomic E-state index is 0.0107. The number of piperidine rings is 1. The number of hydrogen-bond acceptors (Lipinski definition) is 6. The van der Waals surface area contributed by atoms with Crippen molar-refractivity contribution < 1.29 is 14.3 Å². The number of amides is 1. The standard InChI is InChI=1S/C19H21N5O3/c1-26-15-10-20-19(21-11-15)27-14-6-8-23(9-7-14)18(25)12-24-13-22-16-4-2-3-5-17(16)24/h2-5,10-11,13-14H,6-9,12H2,1H3. The largest absolute Gasteiger partial charge is 0.494 e. The molecule has 0 N–H and O–H groups in total. The first-order valence-electron chi connectivity index (χ1n) is 8.93. The zero-order chi connectivity index (χ0) is 18.6. The third-order valence-corrected chi connectivity index (χ3v) is 4.74. The van der Waals surface area contributed by atoms with Gasteiger partial charge in [-0.2, -0.15) is 9.97 Å². The molecule has 4 rings (SSSR count). The number of ether oxygens (including phenoxy) is 2. The molecule has 1 fully saturated rings. The second kappa shape index (κ2) is 7.61. The van der Waals surface area contributed by atoms with Crippen LogP contribution in [0.5, 0.6) is 11.8 Å². The van der Waals surface area contributed by atoms with Gasteiger partial charge in [0.25, 0.3) is 0 Å². The maximum Gasteiger partial charge on any atom is 0.316 e. The van der Waals surface area contributed by atoms with Crippen LogP contribution >= 0.6 is 0 Å². The van der Waals surface area contributed by atoms with E-state index in [1.165, 1.54) is 0 Å². The van der Waals surface area contributed by atoms with Crippen molar-refractivity contribution in [2.24, 2.45) is 0 Å². The summed E-state index contributed by atoms with van der Waals surface area (Å²) in [5, 5.41) is 0. The van der Waals surface area contributed by atoms with Gasteiger partial charge < -0.3 is 18.9 Å². The number of fused-ring (bicyclic) bond motifs is 1. The zero-order valence-electron chi connectivity index (χ0n) is 15.1. The number of hydrogen-bond donors (Lipinski definition) is 0. The number of carbonyl (C=O) groups excluding carboxylic acids is 1. The highest BCUT2D eigenvalue weighted by atomic mass is 16.5. The summed E-state index contributed by atoms with van der Waals surface area (Å²) in [7, 11) is 1.57. The van der Waals surface area contributed by atoms with Crippen LogP contribution in [-0.2, 0) is 11.3 Å². The molecule has 0 unspecified atom stereocenters. The van der Waals surface area contributed by atoms with E-state index in [0.717, 1.165) is 23.9 Å². The van der Waals surface area contributed by atoms with Gasteiger partial charge in [-0.1, -0.05) is 12.1 Å². The van der Waals surface area contributed by atoms with Gasteiger partial charge in [0.15, 0.2) is 5.75 Å². The van der Waals surface area contributed by atoms with E-state index in [-0.39, 0.29) is 12.0 Å². The summed E-state index contributed by atoms with van der Waals surface area (Å²) < 4.78 is 12.7. The fourth-order valence-electron chi connectivity index (χ4n) is 3.22. The van der Waals surface area contributed by atoms with Crippen LogP contribution in [0.3, 0.4) is 0 Å². The highest BCUT2D eigenvalue weighted by Gasteiger charge is 2.25. The van der Waals surface area contributed by atoms with Crippen LogP contribution in [0.2, 0.25) is 0 Å². The highest BCUT2D eigenvalue weighted by molar-refractivity contribution is 5.80. The molecule has 140 valence electrons. The minimum Gasteiger partial charge on any atom is -0.494 e. The van der Waals surface area contributed by atoms with Crippen molar-refractivity contribution in [3.63, 3.8) is 0 Å². The molecule has 2 aromatic heterocycles. The van der Waals surface area contributed by atoms with Gasteiger partial charge in [-0.15, -0.1) is 0 Å². The molecule has 0 bridgehead atoms. The van der Waals surface area contributed by atoms with E-state index in [1.807, 2.05) is 33.7 Å². The topological polar surface area (TPSA) is 82.4 Å². The Balaban J connectivity index is 1.31.